The fourth-order valence-electron chi connectivity index (χ4n) is 2.70. The largest absolute Gasteiger partial charge is 0.324 e. The first-order chi connectivity index (χ1) is 10.2. The highest BCUT2D eigenvalue weighted by atomic mass is 19.1. The maximum atomic E-state index is 13.9. The molecule has 0 unspecified atom stereocenters. The zero-order chi connectivity index (χ0) is 15.1. The lowest BCUT2D eigenvalue weighted by Crippen LogP contribution is -2.18. The third-order valence-electron chi connectivity index (χ3n) is 3.78. The van der Waals surface area contributed by atoms with Crippen molar-refractivity contribution < 1.29 is 9.18 Å². The molecule has 1 aromatic carbocycles. The van der Waals surface area contributed by atoms with E-state index in [0.29, 0.717) is 17.9 Å². The minimum absolute atomic E-state index is 0.110. The quantitative estimate of drug-likeness (QED) is 0.840. The zero-order valence-electron chi connectivity index (χ0n) is 12.1. The van der Waals surface area contributed by atoms with Crippen LogP contribution in [0.3, 0.4) is 0 Å². The van der Waals surface area contributed by atoms with Gasteiger partial charge in [-0.1, -0.05) is 31.1 Å². The number of amides is 1. The third-order valence-corrected chi connectivity index (χ3v) is 3.78. The molecule has 1 aromatic rings. The molecule has 0 bridgehead atoms. The van der Waals surface area contributed by atoms with Crippen molar-refractivity contribution in [3.8, 4) is 11.8 Å². The highest BCUT2D eigenvalue weighted by Gasteiger charge is 2.17. The Morgan fingerprint density at radius 1 is 1.33 bits per heavy atom. The molecule has 1 aliphatic carbocycles. The van der Waals surface area contributed by atoms with Crippen LogP contribution in [0.4, 0.5) is 10.1 Å². The first kappa shape index (κ1) is 15.5. The van der Waals surface area contributed by atoms with Crippen molar-refractivity contribution in [2.24, 2.45) is 11.7 Å². The minimum atomic E-state index is -0.462. The van der Waals surface area contributed by atoms with E-state index in [1.807, 2.05) is 0 Å². The van der Waals surface area contributed by atoms with Gasteiger partial charge in [0.25, 0.3) is 0 Å². The minimum Gasteiger partial charge on any atom is -0.324 e. The van der Waals surface area contributed by atoms with E-state index < -0.39 is 5.82 Å². The van der Waals surface area contributed by atoms with Gasteiger partial charge < -0.3 is 11.1 Å². The predicted octanol–water partition coefficient (Wildman–Crippen LogP) is 3.04. The number of hydrogen-bond donors (Lipinski definition) is 2. The van der Waals surface area contributed by atoms with Gasteiger partial charge in [0.2, 0.25) is 5.91 Å². The number of carbonyl (C=O) groups is 1. The van der Waals surface area contributed by atoms with Crippen LogP contribution in [0.5, 0.6) is 0 Å². The Hall–Kier alpha value is -1.86. The van der Waals surface area contributed by atoms with E-state index in [9.17, 15) is 9.18 Å². The van der Waals surface area contributed by atoms with Gasteiger partial charge in [-0.2, -0.15) is 0 Å². The normalized spacial score (nSPS) is 15.1. The van der Waals surface area contributed by atoms with Gasteiger partial charge >= 0.3 is 0 Å². The van der Waals surface area contributed by atoms with Crippen LogP contribution in [0.1, 0.15) is 44.1 Å². The summed E-state index contributed by atoms with van der Waals surface area (Å²) in [6.45, 7) is 0.238. The van der Waals surface area contributed by atoms with Crippen molar-refractivity contribution >= 4 is 11.6 Å². The highest BCUT2D eigenvalue weighted by Crippen LogP contribution is 2.26. The van der Waals surface area contributed by atoms with Crippen molar-refractivity contribution in [2.75, 3.05) is 11.9 Å². The van der Waals surface area contributed by atoms with Gasteiger partial charge in [0.15, 0.2) is 0 Å². The van der Waals surface area contributed by atoms with Gasteiger partial charge in [0.05, 0.1) is 12.2 Å². The summed E-state index contributed by atoms with van der Waals surface area (Å²) in [5.41, 5.74) is 6.05. The molecule has 0 aliphatic heterocycles. The molecule has 4 heteroatoms. The van der Waals surface area contributed by atoms with Crippen LogP contribution >= 0.6 is 0 Å². The molecule has 1 aliphatic rings. The number of nitrogens with two attached hydrogens (primary N) is 1. The molecule has 1 saturated carbocycles. The molecule has 1 amide bonds. The van der Waals surface area contributed by atoms with E-state index in [-0.39, 0.29) is 18.1 Å². The lowest BCUT2D eigenvalue weighted by molar-refractivity contribution is -0.117. The average molecular weight is 288 g/mol. The number of nitrogens with one attached hydrogen (secondary N) is 1. The molecule has 0 heterocycles. The number of rotatable bonds is 3. The van der Waals surface area contributed by atoms with Gasteiger partial charge in [-0.15, -0.1) is 0 Å². The summed E-state index contributed by atoms with van der Waals surface area (Å²) >= 11 is 0. The van der Waals surface area contributed by atoms with Crippen LogP contribution in [-0.4, -0.2) is 12.5 Å². The summed E-state index contributed by atoms with van der Waals surface area (Å²) in [7, 11) is 0. The second-order valence-electron chi connectivity index (χ2n) is 5.46. The third kappa shape index (κ3) is 4.87. The van der Waals surface area contributed by atoms with E-state index in [4.69, 9.17) is 5.73 Å². The lowest BCUT2D eigenvalue weighted by Gasteiger charge is -2.20. The molecule has 3 nitrogen and oxygen atoms in total. The van der Waals surface area contributed by atoms with E-state index in [2.05, 4.69) is 17.2 Å². The number of benzene rings is 1. The summed E-state index contributed by atoms with van der Waals surface area (Å²) < 4.78 is 13.9. The average Bonchev–Trinajstić information content (AvgIpc) is 2.48. The summed E-state index contributed by atoms with van der Waals surface area (Å²) in [6, 6.07) is 4.55. The second kappa shape index (κ2) is 7.80. The Labute approximate surface area is 125 Å². The fraction of sp³-hybridized carbons (Fsp3) is 0.471. The smallest absolute Gasteiger partial charge is 0.224 e. The predicted molar refractivity (Wildman–Crippen MR) is 82.2 cm³/mol. The van der Waals surface area contributed by atoms with Crippen molar-refractivity contribution in [1.29, 1.82) is 0 Å². The zero-order valence-corrected chi connectivity index (χ0v) is 12.1. The molecule has 2 rings (SSSR count). The monoisotopic (exact) mass is 288 g/mol. The van der Waals surface area contributed by atoms with Gasteiger partial charge in [-0.25, -0.2) is 4.39 Å². The van der Waals surface area contributed by atoms with Gasteiger partial charge in [0, 0.05) is 12.0 Å². The van der Waals surface area contributed by atoms with Crippen LogP contribution in [0.25, 0.3) is 0 Å². The number of hydrogen-bond acceptors (Lipinski definition) is 2. The van der Waals surface area contributed by atoms with Crippen molar-refractivity contribution in [3.05, 3.63) is 29.6 Å². The second-order valence-corrected chi connectivity index (χ2v) is 5.46. The summed E-state index contributed by atoms with van der Waals surface area (Å²) in [5, 5.41) is 2.65. The molecule has 3 N–H and O–H groups in total. The number of anilines is 1. The number of halogens is 1. The molecule has 0 atom stereocenters. The van der Waals surface area contributed by atoms with Crippen LogP contribution in [0, 0.1) is 23.6 Å². The van der Waals surface area contributed by atoms with Crippen molar-refractivity contribution in [3.63, 3.8) is 0 Å². The van der Waals surface area contributed by atoms with Gasteiger partial charge in [-0.05, 0) is 37.0 Å². The first-order valence-electron chi connectivity index (χ1n) is 7.47. The maximum absolute atomic E-state index is 13.9. The summed E-state index contributed by atoms with van der Waals surface area (Å²) in [5.74, 6) is 5.30. The molecule has 0 aromatic heterocycles. The molecule has 0 radical (unpaired) electrons. The molecular formula is C17H21FN2O. The Bertz CT molecular complexity index is 554. The molecule has 0 saturated heterocycles. The van der Waals surface area contributed by atoms with Crippen LogP contribution in [0.15, 0.2) is 18.2 Å². The molecular weight excluding hydrogens is 267 g/mol. The van der Waals surface area contributed by atoms with Gasteiger partial charge in [0.1, 0.15) is 5.82 Å². The standard InChI is InChI=1S/C17H21FN2O/c18-15-11-14(7-4-10-19)8-9-16(15)20-17(21)12-13-5-2-1-3-6-13/h8-9,11,13H,1-3,5-6,10,12,19H2,(H,20,21). The fourth-order valence-corrected chi connectivity index (χ4v) is 2.70. The van der Waals surface area contributed by atoms with E-state index in [0.717, 1.165) is 12.8 Å². The van der Waals surface area contributed by atoms with E-state index in [1.54, 1.807) is 12.1 Å². The van der Waals surface area contributed by atoms with Crippen LogP contribution < -0.4 is 11.1 Å². The summed E-state index contributed by atoms with van der Waals surface area (Å²) in [4.78, 5) is 12.0. The maximum Gasteiger partial charge on any atom is 0.224 e. The Kier molecular flexibility index (Phi) is 5.77. The first-order valence-corrected chi connectivity index (χ1v) is 7.47. The molecule has 112 valence electrons. The van der Waals surface area contributed by atoms with Crippen molar-refractivity contribution in [1.82, 2.24) is 0 Å². The molecule has 1 fully saturated rings. The van der Waals surface area contributed by atoms with E-state index >= 15 is 0 Å². The lowest BCUT2D eigenvalue weighted by atomic mass is 9.87. The van der Waals surface area contributed by atoms with Crippen molar-refractivity contribution in [2.45, 2.75) is 38.5 Å². The summed E-state index contributed by atoms with van der Waals surface area (Å²) in [6.07, 6.45) is 6.33. The Balaban J connectivity index is 1.94. The Morgan fingerprint density at radius 2 is 2.10 bits per heavy atom. The number of carbonyl (C=O) groups excluding carboxylic acids is 1. The van der Waals surface area contributed by atoms with Crippen LogP contribution in [0.2, 0.25) is 0 Å². The topological polar surface area (TPSA) is 55.1 Å². The van der Waals surface area contributed by atoms with Gasteiger partial charge in [-0.3, -0.25) is 4.79 Å². The van der Waals surface area contributed by atoms with Crippen LogP contribution in [-0.2, 0) is 4.79 Å². The SMILES string of the molecule is NCC#Cc1ccc(NC(=O)CC2CCCCC2)c(F)c1. The Morgan fingerprint density at radius 3 is 2.76 bits per heavy atom. The highest BCUT2D eigenvalue weighted by molar-refractivity contribution is 5.91. The molecule has 21 heavy (non-hydrogen) atoms. The van der Waals surface area contributed by atoms with E-state index in [1.165, 1.54) is 25.3 Å². The molecule has 0 spiro atoms.